The number of hydrogen-bond donors (Lipinski definition) is 1. The Bertz CT molecular complexity index is 760. The largest absolute Gasteiger partial charge is 0.322 e. The van der Waals surface area contributed by atoms with Crippen molar-refractivity contribution in [1.82, 2.24) is 9.80 Å². The van der Waals surface area contributed by atoms with E-state index in [4.69, 9.17) is 11.6 Å². The summed E-state index contributed by atoms with van der Waals surface area (Å²) in [5.74, 6) is -0.181. The minimum atomic E-state index is -0.181. The molecule has 25 heavy (non-hydrogen) atoms. The second-order valence-electron chi connectivity index (χ2n) is 6.24. The Balaban J connectivity index is 1.54. The lowest BCUT2D eigenvalue weighted by Gasteiger charge is -2.34. The fourth-order valence-electron chi connectivity index (χ4n) is 2.90. The number of amides is 2. The summed E-state index contributed by atoms with van der Waals surface area (Å²) < 4.78 is 13.8. The first-order valence-electron chi connectivity index (χ1n) is 8.31. The molecule has 0 radical (unpaired) electrons. The minimum Gasteiger partial charge on any atom is -0.322 e. The molecule has 4 nitrogen and oxygen atoms in total. The molecule has 1 N–H and O–H groups in total. The molecule has 0 unspecified atom stereocenters. The molecule has 0 bridgehead atoms. The number of nitrogens with one attached hydrogen (secondary N) is 1. The van der Waals surface area contributed by atoms with Crippen molar-refractivity contribution < 1.29 is 9.18 Å². The minimum absolute atomic E-state index is 0.129. The molecule has 0 aliphatic carbocycles. The average Bonchev–Trinajstić information content (AvgIpc) is 2.61. The van der Waals surface area contributed by atoms with Gasteiger partial charge in [-0.3, -0.25) is 4.90 Å². The number of carbonyl (C=O) groups is 1. The van der Waals surface area contributed by atoms with Crippen molar-refractivity contribution in [3.8, 4) is 0 Å². The number of aryl methyl sites for hydroxylation is 1. The molecule has 1 aliphatic rings. The van der Waals surface area contributed by atoms with Crippen LogP contribution in [0.1, 0.15) is 11.1 Å². The summed E-state index contributed by atoms with van der Waals surface area (Å²) in [6.07, 6.45) is 0. The summed E-state index contributed by atoms with van der Waals surface area (Å²) in [4.78, 5) is 16.4. The fourth-order valence-corrected chi connectivity index (χ4v) is 3.07. The lowest BCUT2D eigenvalue weighted by atomic mass is 10.2. The average molecular weight is 362 g/mol. The molecule has 0 atom stereocenters. The zero-order chi connectivity index (χ0) is 17.8. The van der Waals surface area contributed by atoms with Crippen LogP contribution in [0.4, 0.5) is 14.9 Å². The molecule has 1 fully saturated rings. The molecule has 6 heteroatoms. The maximum Gasteiger partial charge on any atom is 0.321 e. The summed E-state index contributed by atoms with van der Waals surface area (Å²) in [7, 11) is 0. The summed E-state index contributed by atoms with van der Waals surface area (Å²) in [6.45, 7) is 5.15. The Kier molecular flexibility index (Phi) is 5.56. The smallest absolute Gasteiger partial charge is 0.321 e. The zero-order valence-corrected chi connectivity index (χ0v) is 14.9. The molecule has 2 aromatic carbocycles. The molecular weight excluding hydrogens is 341 g/mol. The van der Waals surface area contributed by atoms with E-state index in [0.29, 0.717) is 30.2 Å². The van der Waals surface area contributed by atoms with Crippen LogP contribution in [0.3, 0.4) is 0 Å². The van der Waals surface area contributed by atoms with Crippen LogP contribution in [0.5, 0.6) is 0 Å². The van der Waals surface area contributed by atoms with E-state index in [9.17, 15) is 9.18 Å². The van der Waals surface area contributed by atoms with Crippen molar-refractivity contribution >= 4 is 23.3 Å². The van der Waals surface area contributed by atoms with Crippen LogP contribution < -0.4 is 5.32 Å². The van der Waals surface area contributed by atoms with Gasteiger partial charge in [0.15, 0.2) is 0 Å². The molecule has 1 saturated heterocycles. The molecular formula is C19H21ClFN3O. The Morgan fingerprint density at radius 2 is 1.88 bits per heavy atom. The number of halogens is 2. The van der Waals surface area contributed by atoms with Crippen LogP contribution in [0.2, 0.25) is 5.02 Å². The molecule has 0 saturated carbocycles. The van der Waals surface area contributed by atoms with Gasteiger partial charge < -0.3 is 10.2 Å². The SMILES string of the molecule is Cc1ccc(Cl)cc1NC(=O)N1CCN(Cc2ccccc2F)CC1. The molecule has 0 aromatic heterocycles. The molecule has 2 aromatic rings. The summed E-state index contributed by atoms with van der Waals surface area (Å²) in [6, 6.07) is 12.1. The number of benzene rings is 2. The number of carbonyl (C=O) groups excluding carboxylic acids is 1. The van der Waals surface area contributed by atoms with Crippen LogP contribution >= 0.6 is 11.6 Å². The Morgan fingerprint density at radius 3 is 2.60 bits per heavy atom. The Labute approximate surface area is 152 Å². The van der Waals surface area contributed by atoms with Crippen molar-refractivity contribution in [3.63, 3.8) is 0 Å². The molecule has 3 rings (SSSR count). The van der Waals surface area contributed by atoms with Gasteiger partial charge in [-0.25, -0.2) is 9.18 Å². The standard InChI is InChI=1S/C19H21ClFN3O/c1-14-6-7-16(20)12-18(14)22-19(25)24-10-8-23(9-11-24)13-15-4-2-3-5-17(15)21/h2-7,12H,8-11,13H2,1H3,(H,22,25). The van der Waals surface area contributed by atoms with E-state index >= 15 is 0 Å². The van der Waals surface area contributed by atoms with Gasteiger partial charge in [0.2, 0.25) is 0 Å². The van der Waals surface area contributed by atoms with Crippen molar-refractivity contribution in [2.75, 3.05) is 31.5 Å². The second-order valence-corrected chi connectivity index (χ2v) is 6.68. The van der Waals surface area contributed by atoms with Gasteiger partial charge in [-0.2, -0.15) is 0 Å². The molecule has 2 amide bonds. The van der Waals surface area contributed by atoms with Crippen LogP contribution in [0.25, 0.3) is 0 Å². The maximum absolute atomic E-state index is 13.8. The van der Waals surface area contributed by atoms with Crippen LogP contribution in [-0.2, 0) is 6.54 Å². The van der Waals surface area contributed by atoms with Gasteiger partial charge in [0.1, 0.15) is 5.82 Å². The van der Waals surface area contributed by atoms with Gasteiger partial charge in [0.25, 0.3) is 0 Å². The molecule has 1 aliphatic heterocycles. The number of rotatable bonds is 3. The van der Waals surface area contributed by atoms with Gasteiger partial charge in [0.05, 0.1) is 0 Å². The van der Waals surface area contributed by atoms with Crippen molar-refractivity contribution in [3.05, 3.63) is 64.4 Å². The molecule has 1 heterocycles. The van der Waals surface area contributed by atoms with E-state index in [1.54, 1.807) is 29.2 Å². The van der Waals surface area contributed by atoms with E-state index in [0.717, 1.165) is 24.3 Å². The second kappa shape index (κ2) is 7.85. The topological polar surface area (TPSA) is 35.6 Å². The molecule has 0 spiro atoms. The van der Waals surface area contributed by atoms with Gasteiger partial charge in [-0.1, -0.05) is 35.9 Å². The number of piperazine rings is 1. The van der Waals surface area contributed by atoms with Gasteiger partial charge in [-0.15, -0.1) is 0 Å². The maximum atomic E-state index is 13.8. The monoisotopic (exact) mass is 361 g/mol. The van der Waals surface area contributed by atoms with Crippen molar-refractivity contribution in [1.29, 1.82) is 0 Å². The van der Waals surface area contributed by atoms with Gasteiger partial charge in [-0.05, 0) is 30.7 Å². The normalized spacial score (nSPS) is 15.2. The highest BCUT2D eigenvalue weighted by atomic mass is 35.5. The van der Waals surface area contributed by atoms with E-state index in [1.807, 2.05) is 19.1 Å². The van der Waals surface area contributed by atoms with Crippen LogP contribution in [-0.4, -0.2) is 42.0 Å². The summed E-state index contributed by atoms with van der Waals surface area (Å²) in [5.41, 5.74) is 2.39. The quantitative estimate of drug-likeness (QED) is 0.891. The first-order chi connectivity index (χ1) is 12.0. The van der Waals surface area contributed by atoms with Gasteiger partial charge in [0, 0.05) is 49.0 Å². The number of nitrogens with zero attached hydrogens (tertiary/aromatic N) is 2. The highest BCUT2D eigenvalue weighted by Crippen LogP contribution is 2.21. The summed E-state index contributed by atoms with van der Waals surface area (Å²) in [5, 5.41) is 3.51. The highest BCUT2D eigenvalue weighted by Gasteiger charge is 2.22. The first kappa shape index (κ1) is 17.7. The Morgan fingerprint density at radius 1 is 1.16 bits per heavy atom. The first-order valence-corrected chi connectivity index (χ1v) is 8.68. The third-order valence-electron chi connectivity index (χ3n) is 4.45. The zero-order valence-electron chi connectivity index (χ0n) is 14.1. The van der Waals surface area contributed by atoms with E-state index in [2.05, 4.69) is 10.2 Å². The molecule has 132 valence electrons. The lowest BCUT2D eigenvalue weighted by Crippen LogP contribution is -2.49. The van der Waals surface area contributed by atoms with Crippen LogP contribution in [0, 0.1) is 12.7 Å². The van der Waals surface area contributed by atoms with Crippen LogP contribution in [0.15, 0.2) is 42.5 Å². The predicted molar refractivity (Wildman–Crippen MR) is 98.5 cm³/mol. The van der Waals surface area contributed by atoms with E-state index in [-0.39, 0.29) is 11.8 Å². The van der Waals surface area contributed by atoms with Crippen molar-refractivity contribution in [2.24, 2.45) is 0 Å². The number of urea groups is 1. The Hall–Kier alpha value is -2.11. The number of hydrogen-bond acceptors (Lipinski definition) is 2. The summed E-state index contributed by atoms with van der Waals surface area (Å²) >= 11 is 5.99. The third kappa shape index (κ3) is 4.50. The highest BCUT2D eigenvalue weighted by molar-refractivity contribution is 6.31. The number of anilines is 1. The van der Waals surface area contributed by atoms with Gasteiger partial charge >= 0.3 is 6.03 Å². The van der Waals surface area contributed by atoms with E-state index < -0.39 is 0 Å². The lowest BCUT2D eigenvalue weighted by molar-refractivity contribution is 0.142. The van der Waals surface area contributed by atoms with Crippen molar-refractivity contribution in [2.45, 2.75) is 13.5 Å². The third-order valence-corrected chi connectivity index (χ3v) is 4.69. The van der Waals surface area contributed by atoms with E-state index in [1.165, 1.54) is 6.07 Å². The predicted octanol–water partition coefficient (Wildman–Crippen LogP) is 4.14. The fraction of sp³-hybridized carbons (Fsp3) is 0.316.